The maximum absolute atomic E-state index is 14.0. The van der Waals surface area contributed by atoms with E-state index in [1.807, 2.05) is 42.3 Å². The zero-order valence-electron chi connectivity index (χ0n) is 25.6. The molecular weight excluding hydrogens is 572 g/mol. The Bertz CT molecular complexity index is 1790. The first-order valence-electron chi connectivity index (χ1n) is 15.4. The molecule has 0 bridgehead atoms. The van der Waals surface area contributed by atoms with E-state index in [9.17, 15) is 24.3 Å². The van der Waals surface area contributed by atoms with Crippen LogP contribution in [0.5, 0.6) is 0 Å². The molecule has 6 rings (SSSR count). The summed E-state index contributed by atoms with van der Waals surface area (Å²) >= 11 is 0. The van der Waals surface area contributed by atoms with E-state index in [-0.39, 0.29) is 41.7 Å². The van der Waals surface area contributed by atoms with Crippen LogP contribution in [0.2, 0.25) is 0 Å². The molecule has 2 aromatic heterocycles. The van der Waals surface area contributed by atoms with Crippen molar-refractivity contribution in [3.8, 4) is 0 Å². The number of aryl methyl sites for hydroxylation is 1. The summed E-state index contributed by atoms with van der Waals surface area (Å²) in [5.74, 6) is -0.947. The van der Waals surface area contributed by atoms with Crippen molar-refractivity contribution in [2.75, 3.05) is 33.2 Å². The van der Waals surface area contributed by atoms with Crippen molar-refractivity contribution in [3.63, 3.8) is 0 Å². The summed E-state index contributed by atoms with van der Waals surface area (Å²) in [6.07, 6.45) is 4.45. The first kappa shape index (κ1) is 30.3. The van der Waals surface area contributed by atoms with Crippen LogP contribution >= 0.6 is 0 Å². The zero-order valence-corrected chi connectivity index (χ0v) is 25.6. The van der Waals surface area contributed by atoms with E-state index in [0.29, 0.717) is 67.6 Å². The van der Waals surface area contributed by atoms with Crippen LogP contribution in [0.15, 0.2) is 78.0 Å². The largest absolute Gasteiger partial charge is 0.388 e. The highest BCUT2D eigenvalue weighted by molar-refractivity contribution is 5.99. The number of benzene rings is 2. The highest BCUT2D eigenvalue weighted by Gasteiger charge is 2.41. The van der Waals surface area contributed by atoms with E-state index in [1.54, 1.807) is 53.0 Å². The molecule has 0 unspecified atom stereocenters. The first-order chi connectivity index (χ1) is 21.7. The molecule has 0 spiro atoms. The van der Waals surface area contributed by atoms with Gasteiger partial charge in [-0.3, -0.25) is 23.7 Å². The van der Waals surface area contributed by atoms with Gasteiger partial charge in [-0.05, 0) is 49.1 Å². The molecule has 4 aromatic rings. The molecular formula is C34H38N6O5. The molecule has 45 heavy (non-hydrogen) atoms. The quantitative estimate of drug-likeness (QED) is 0.345. The van der Waals surface area contributed by atoms with Crippen LogP contribution in [-0.4, -0.2) is 85.6 Å². The molecule has 11 nitrogen and oxygen atoms in total. The number of carbonyl (C=O) groups excluding carboxylic acids is 3. The number of aliphatic hydroxyl groups is 1. The fourth-order valence-corrected chi connectivity index (χ4v) is 6.74. The molecule has 2 aliphatic rings. The van der Waals surface area contributed by atoms with Crippen LogP contribution in [0.4, 0.5) is 0 Å². The van der Waals surface area contributed by atoms with Crippen LogP contribution in [0, 0.1) is 5.92 Å². The average molecular weight is 611 g/mol. The standard InChI is InChI=1S/C34H38N6O5/c1-35-30(41)24-9-6-10-25(19-24)31(42)39-16-12-26(28(20-39)23-7-4-3-5-8-23)32(43)38-17-13-34(45,14-18-38)21-40-22-36-29-27(33(40)44)11-15-37(29)2/h3-11,15,19,22,26,28,45H,12-14,16-18,20-21H2,1-2H3,(H,35,41)/t26-,28+/m1/s1. The van der Waals surface area contributed by atoms with Gasteiger partial charge in [-0.25, -0.2) is 4.98 Å². The Morgan fingerprint density at radius 2 is 1.71 bits per heavy atom. The van der Waals surface area contributed by atoms with Gasteiger partial charge in [-0.2, -0.15) is 0 Å². The molecule has 2 fully saturated rings. The van der Waals surface area contributed by atoms with Gasteiger partial charge in [0, 0.05) is 69.4 Å². The fraction of sp³-hybridized carbons (Fsp3) is 0.382. The van der Waals surface area contributed by atoms with Gasteiger partial charge in [0.25, 0.3) is 17.4 Å². The molecule has 4 heterocycles. The van der Waals surface area contributed by atoms with Crippen LogP contribution < -0.4 is 10.9 Å². The van der Waals surface area contributed by atoms with Gasteiger partial charge in [0.1, 0.15) is 12.0 Å². The number of hydrogen-bond donors (Lipinski definition) is 2. The van der Waals surface area contributed by atoms with Crippen molar-refractivity contribution >= 4 is 28.8 Å². The second kappa shape index (κ2) is 12.3. The topological polar surface area (TPSA) is 130 Å². The Hall–Kier alpha value is -4.77. The Kier molecular flexibility index (Phi) is 8.28. The van der Waals surface area contributed by atoms with Crippen LogP contribution in [-0.2, 0) is 18.4 Å². The molecule has 0 aliphatic carbocycles. The summed E-state index contributed by atoms with van der Waals surface area (Å²) < 4.78 is 3.25. The van der Waals surface area contributed by atoms with Crippen molar-refractivity contribution in [2.24, 2.45) is 13.0 Å². The van der Waals surface area contributed by atoms with Crippen molar-refractivity contribution < 1.29 is 19.5 Å². The molecule has 2 atom stereocenters. The fourth-order valence-electron chi connectivity index (χ4n) is 6.74. The third-order valence-electron chi connectivity index (χ3n) is 9.36. The van der Waals surface area contributed by atoms with E-state index in [0.717, 1.165) is 5.56 Å². The number of carbonyl (C=O) groups is 3. The summed E-state index contributed by atoms with van der Waals surface area (Å²) in [7, 11) is 3.38. The van der Waals surface area contributed by atoms with Crippen molar-refractivity contribution in [2.45, 2.75) is 37.3 Å². The van der Waals surface area contributed by atoms with Gasteiger partial charge in [0.05, 0.1) is 17.5 Å². The Balaban J connectivity index is 1.15. The van der Waals surface area contributed by atoms with Crippen molar-refractivity contribution in [1.82, 2.24) is 29.2 Å². The lowest BCUT2D eigenvalue weighted by molar-refractivity contribution is -0.142. The molecule has 0 radical (unpaired) electrons. The number of fused-ring (bicyclic) bond motifs is 1. The number of nitrogens with one attached hydrogen (secondary N) is 1. The summed E-state index contributed by atoms with van der Waals surface area (Å²) in [6.45, 7) is 1.65. The summed E-state index contributed by atoms with van der Waals surface area (Å²) in [5.41, 5.74) is 1.11. The molecule has 234 valence electrons. The van der Waals surface area contributed by atoms with Crippen molar-refractivity contribution in [3.05, 3.63) is 100 Å². The van der Waals surface area contributed by atoms with Crippen LogP contribution in [0.25, 0.3) is 11.0 Å². The van der Waals surface area contributed by atoms with Crippen LogP contribution in [0.3, 0.4) is 0 Å². The lowest BCUT2D eigenvalue weighted by atomic mass is 9.79. The second-order valence-electron chi connectivity index (χ2n) is 12.2. The number of hydrogen-bond acceptors (Lipinski definition) is 6. The smallest absolute Gasteiger partial charge is 0.262 e. The Morgan fingerprint density at radius 3 is 2.44 bits per heavy atom. The van der Waals surface area contributed by atoms with E-state index in [2.05, 4.69) is 10.3 Å². The van der Waals surface area contributed by atoms with E-state index in [1.165, 1.54) is 10.9 Å². The van der Waals surface area contributed by atoms with Gasteiger partial charge in [-0.1, -0.05) is 36.4 Å². The van der Waals surface area contributed by atoms with Gasteiger partial charge in [0.2, 0.25) is 5.91 Å². The summed E-state index contributed by atoms with van der Waals surface area (Å²) in [4.78, 5) is 60.8. The number of amides is 3. The predicted octanol–water partition coefficient (Wildman–Crippen LogP) is 2.39. The maximum atomic E-state index is 14.0. The van der Waals surface area contributed by atoms with E-state index < -0.39 is 5.60 Å². The van der Waals surface area contributed by atoms with E-state index >= 15 is 0 Å². The van der Waals surface area contributed by atoms with Gasteiger partial charge < -0.3 is 24.8 Å². The predicted molar refractivity (Wildman–Crippen MR) is 169 cm³/mol. The molecule has 0 saturated carbocycles. The summed E-state index contributed by atoms with van der Waals surface area (Å²) in [5, 5.41) is 14.5. The normalized spacial score (nSPS) is 19.8. The molecule has 11 heteroatoms. The molecule has 2 aliphatic heterocycles. The summed E-state index contributed by atoms with van der Waals surface area (Å²) in [6, 6.07) is 18.2. The number of likely N-dealkylation sites (tertiary alicyclic amines) is 2. The zero-order chi connectivity index (χ0) is 31.7. The van der Waals surface area contributed by atoms with Gasteiger partial charge in [-0.15, -0.1) is 0 Å². The number of nitrogens with zero attached hydrogens (tertiary/aromatic N) is 5. The molecule has 3 amide bonds. The Morgan fingerprint density at radius 1 is 0.978 bits per heavy atom. The lowest BCUT2D eigenvalue weighted by Gasteiger charge is -2.43. The molecule has 2 saturated heterocycles. The van der Waals surface area contributed by atoms with Crippen molar-refractivity contribution in [1.29, 1.82) is 0 Å². The minimum Gasteiger partial charge on any atom is -0.388 e. The third kappa shape index (κ3) is 6.00. The highest BCUT2D eigenvalue weighted by atomic mass is 16.3. The molecule has 2 N–H and O–H groups in total. The number of piperidine rings is 2. The average Bonchev–Trinajstić information content (AvgIpc) is 3.46. The minimum atomic E-state index is -1.14. The Labute approximate surface area is 261 Å². The minimum absolute atomic E-state index is 0.0177. The lowest BCUT2D eigenvalue weighted by Crippen LogP contribution is -2.53. The van der Waals surface area contributed by atoms with Crippen LogP contribution in [0.1, 0.15) is 51.5 Å². The highest BCUT2D eigenvalue weighted by Crippen LogP contribution is 2.36. The van der Waals surface area contributed by atoms with E-state index in [4.69, 9.17) is 0 Å². The van der Waals surface area contributed by atoms with Gasteiger partial charge >= 0.3 is 0 Å². The second-order valence-corrected chi connectivity index (χ2v) is 12.2. The molecule has 2 aromatic carbocycles. The number of rotatable bonds is 6. The maximum Gasteiger partial charge on any atom is 0.262 e. The first-order valence-corrected chi connectivity index (χ1v) is 15.4. The van der Waals surface area contributed by atoms with Gasteiger partial charge in [0.15, 0.2) is 0 Å². The third-order valence-corrected chi connectivity index (χ3v) is 9.36. The monoisotopic (exact) mass is 610 g/mol. The number of aromatic nitrogens is 3. The SMILES string of the molecule is CNC(=O)c1cccc(C(=O)N2CC[C@@H](C(=O)N3CCC(O)(Cn4cnc5c(ccn5C)c4=O)CC3)[C@H](c3ccccc3)C2)c1.